The average molecular weight is 187 g/mol. The molecule has 2 atom stereocenters. The van der Waals surface area contributed by atoms with Crippen LogP contribution in [0.2, 0.25) is 0 Å². The maximum atomic E-state index is 3.69. The van der Waals surface area contributed by atoms with Crippen LogP contribution in [0, 0.1) is 11.3 Å². The van der Waals surface area contributed by atoms with Crippen LogP contribution in [-0.2, 0) is 0 Å². The fraction of sp³-hybridized carbons (Fsp3) is 1.00. The van der Waals surface area contributed by atoms with Crippen LogP contribution in [0.4, 0.5) is 0 Å². The summed E-state index contributed by atoms with van der Waals surface area (Å²) in [4.78, 5) is 0. The van der Waals surface area contributed by atoms with Crippen LogP contribution in [0.25, 0.3) is 0 Å². The third-order valence-corrected chi connectivity index (χ3v) is 4.13. The van der Waals surface area contributed by atoms with E-state index in [1.54, 1.807) is 0 Å². The van der Waals surface area contributed by atoms with Crippen molar-refractivity contribution in [3.05, 3.63) is 0 Å². The summed E-state index contributed by atoms with van der Waals surface area (Å²) in [6, 6.07) is 0.722. The Balaban J connectivity index is 2.46. The maximum absolute atomic E-state index is 3.69. The fourth-order valence-corrected chi connectivity index (χ4v) is 3.03. The highest BCUT2D eigenvalue weighted by Crippen LogP contribution is 2.34. The van der Waals surface area contributed by atoms with E-state index in [1.807, 2.05) is 0 Å². The second kappa shape index (κ2) is 3.59. The van der Waals surface area contributed by atoms with Crippen LogP contribution in [0.15, 0.2) is 0 Å². The molecule has 1 aliphatic rings. The van der Waals surface area contributed by atoms with Gasteiger partial charge in [0, 0.05) is 11.8 Å². The predicted molar refractivity (Wildman–Crippen MR) is 57.5 cm³/mol. The van der Waals surface area contributed by atoms with Gasteiger partial charge >= 0.3 is 0 Å². The van der Waals surface area contributed by atoms with Crippen LogP contribution in [0.5, 0.6) is 0 Å². The standard InChI is InChI=1S/C10H21NS/c1-7(2)8-6-12-9(11-8)10(3,4)5/h7-9,11H,6H2,1-5H3. The second-order valence-electron chi connectivity index (χ2n) is 5.10. The largest absolute Gasteiger partial charge is 0.301 e. The fourth-order valence-electron chi connectivity index (χ4n) is 1.38. The van der Waals surface area contributed by atoms with Gasteiger partial charge in [-0.2, -0.15) is 0 Å². The molecule has 2 heteroatoms. The van der Waals surface area contributed by atoms with Crippen LogP contribution < -0.4 is 5.32 Å². The van der Waals surface area contributed by atoms with Crippen molar-refractivity contribution in [3.63, 3.8) is 0 Å². The number of hydrogen-bond acceptors (Lipinski definition) is 2. The van der Waals surface area contributed by atoms with Crippen molar-refractivity contribution in [2.24, 2.45) is 11.3 Å². The van der Waals surface area contributed by atoms with Gasteiger partial charge in [-0.05, 0) is 11.3 Å². The predicted octanol–water partition coefficient (Wildman–Crippen LogP) is 2.72. The molecule has 0 bridgehead atoms. The van der Waals surface area contributed by atoms with Crippen molar-refractivity contribution in [1.29, 1.82) is 0 Å². The minimum atomic E-state index is 0.397. The molecule has 0 aromatic heterocycles. The van der Waals surface area contributed by atoms with Crippen molar-refractivity contribution < 1.29 is 0 Å². The molecule has 0 spiro atoms. The lowest BCUT2D eigenvalue weighted by Crippen LogP contribution is -2.40. The molecule has 0 aromatic rings. The number of thioether (sulfide) groups is 1. The first-order chi connectivity index (χ1) is 5.41. The topological polar surface area (TPSA) is 12.0 Å². The van der Waals surface area contributed by atoms with Crippen molar-refractivity contribution in [1.82, 2.24) is 5.32 Å². The summed E-state index contributed by atoms with van der Waals surface area (Å²) in [6.07, 6.45) is 0. The van der Waals surface area contributed by atoms with Gasteiger partial charge in [-0.3, -0.25) is 0 Å². The molecule has 1 nitrogen and oxygen atoms in total. The molecule has 2 unspecified atom stereocenters. The van der Waals surface area contributed by atoms with Gasteiger partial charge in [0.15, 0.2) is 0 Å². The van der Waals surface area contributed by atoms with E-state index in [2.05, 4.69) is 51.7 Å². The van der Waals surface area contributed by atoms with Crippen molar-refractivity contribution in [2.75, 3.05) is 5.75 Å². The van der Waals surface area contributed by atoms with E-state index in [-0.39, 0.29) is 0 Å². The van der Waals surface area contributed by atoms with Crippen molar-refractivity contribution in [3.8, 4) is 0 Å². The molecule has 1 aliphatic heterocycles. The summed E-state index contributed by atoms with van der Waals surface area (Å²) in [7, 11) is 0. The van der Waals surface area contributed by atoms with Gasteiger partial charge in [0.1, 0.15) is 0 Å². The summed E-state index contributed by atoms with van der Waals surface area (Å²) < 4.78 is 0. The Morgan fingerprint density at radius 1 is 1.33 bits per heavy atom. The van der Waals surface area contributed by atoms with Crippen LogP contribution >= 0.6 is 11.8 Å². The minimum Gasteiger partial charge on any atom is -0.301 e. The summed E-state index contributed by atoms with van der Waals surface area (Å²) in [5.74, 6) is 2.05. The average Bonchev–Trinajstić information content (AvgIpc) is 2.30. The summed E-state index contributed by atoms with van der Waals surface area (Å²) in [6.45, 7) is 11.5. The van der Waals surface area contributed by atoms with E-state index in [0.717, 1.165) is 12.0 Å². The van der Waals surface area contributed by atoms with E-state index in [0.29, 0.717) is 10.8 Å². The molecule has 0 aliphatic carbocycles. The van der Waals surface area contributed by atoms with Gasteiger partial charge in [-0.25, -0.2) is 0 Å². The zero-order chi connectivity index (χ0) is 9.35. The lowest BCUT2D eigenvalue weighted by Gasteiger charge is -2.27. The molecule has 0 saturated carbocycles. The number of nitrogens with one attached hydrogen (secondary N) is 1. The Bertz CT molecular complexity index is 148. The molecular weight excluding hydrogens is 166 g/mol. The first-order valence-electron chi connectivity index (χ1n) is 4.79. The van der Waals surface area contributed by atoms with E-state index < -0.39 is 0 Å². The highest BCUT2D eigenvalue weighted by Gasteiger charge is 2.33. The Hall–Kier alpha value is 0.310. The Labute approximate surface area is 80.7 Å². The molecule has 1 heterocycles. The van der Waals surface area contributed by atoms with E-state index in [9.17, 15) is 0 Å². The SMILES string of the molecule is CC(C)C1CSC(C(C)(C)C)N1. The molecule has 0 aromatic carbocycles. The third-order valence-electron chi connectivity index (χ3n) is 2.40. The van der Waals surface area contributed by atoms with Crippen LogP contribution in [-0.4, -0.2) is 17.2 Å². The lowest BCUT2D eigenvalue weighted by molar-refractivity contribution is 0.319. The number of hydrogen-bond donors (Lipinski definition) is 1. The first kappa shape index (κ1) is 10.4. The lowest BCUT2D eigenvalue weighted by atomic mass is 9.95. The monoisotopic (exact) mass is 187 g/mol. The van der Waals surface area contributed by atoms with E-state index >= 15 is 0 Å². The molecule has 1 saturated heterocycles. The molecule has 72 valence electrons. The molecule has 1 N–H and O–H groups in total. The second-order valence-corrected chi connectivity index (χ2v) is 6.23. The highest BCUT2D eigenvalue weighted by molar-refractivity contribution is 8.00. The number of rotatable bonds is 1. The zero-order valence-corrected chi connectivity index (χ0v) is 9.66. The first-order valence-corrected chi connectivity index (χ1v) is 5.84. The molecule has 12 heavy (non-hydrogen) atoms. The van der Waals surface area contributed by atoms with Gasteiger partial charge in [0.25, 0.3) is 0 Å². The maximum Gasteiger partial charge on any atom is 0.0584 e. The molecule has 0 amide bonds. The van der Waals surface area contributed by atoms with Crippen molar-refractivity contribution in [2.45, 2.75) is 46.0 Å². The van der Waals surface area contributed by atoms with Crippen LogP contribution in [0.1, 0.15) is 34.6 Å². The summed E-state index contributed by atoms with van der Waals surface area (Å²) in [5.41, 5.74) is 0.397. The van der Waals surface area contributed by atoms with Gasteiger partial charge in [-0.1, -0.05) is 34.6 Å². The Morgan fingerprint density at radius 3 is 2.17 bits per heavy atom. The van der Waals surface area contributed by atoms with Crippen LogP contribution in [0.3, 0.4) is 0 Å². The summed E-state index contributed by atoms with van der Waals surface area (Å²) >= 11 is 2.07. The molecule has 0 radical (unpaired) electrons. The van der Waals surface area contributed by atoms with Gasteiger partial charge < -0.3 is 5.32 Å². The van der Waals surface area contributed by atoms with Gasteiger partial charge in [-0.15, -0.1) is 11.8 Å². The Kier molecular flexibility index (Phi) is 3.11. The highest BCUT2D eigenvalue weighted by atomic mass is 32.2. The minimum absolute atomic E-state index is 0.397. The quantitative estimate of drug-likeness (QED) is 0.677. The smallest absolute Gasteiger partial charge is 0.0584 e. The van der Waals surface area contributed by atoms with E-state index in [1.165, 1.54) is 5.75 Å². The van der Waals surface area contributed by atoms with Crippen molar-refractivity contribution >= 4 is 11.8 Å². The molecule has 1 fully saturated rings. The molecule has 1 rings (SSSR count). The van der Waals surface area contributed by atoms with Gasteiger partial charge in [0.05, 0.1) is 5.37 Å². The summed E-state index contributed by atoms with van der Waals surface area (Å²) in [5, 5.41) is 4.34. The third kappa shape index (κ3) is 2.40. The molecular formula is C10H21NS. The Morgan fingerprint density at radius 2 is 1.92 bits per heavy atom. The van der Waals surface area contributed by atoms with E-state index in [4.69, 9.17) is 0 Å². The zero-order valence-electron chi connectivity index (χ0n) is 8.85. The normalized spacial score (nSPS) is 31.5. The van der Waals surface area contributed by atoms with Gasteiger partial charge in [0.2, 0.25) is 0 Å².